The van der Waals surface area contributed by atoms with E-state index < -0.39 is 23.9 Å². The van der Waals surface area contributed by atoms with E-state index in [2.05, 4.69) is 5.32 Å². The van der Waals surface area contributed by atoms with Crippen molar-refractivity contribution in [2.75, 3.05) is 12.5 Å². The quantitative estimate of drug-likeness (QED) is 0.649. The Balaban J connectivity index is 1.76. The lowest BCUT2D eigenvalue weighted by molar-refractivity contribution is -0.137. The molecule has 1 unspecified atom stereocenters. The number of hydrogen-bond acceptors (Lipinski definition) is 3. The lowest BCUT2D eigenvalue weighted by Gasteiger charge is -2.16. The SMILES string of the molecule is O=C(NCc1ccccc1)OC(CCl)COCc1cccc(C(F)(F)F)c1. The van der Waals surface area contributed by atoms with Gasteiger partial charge in [-0.15, -0.1) is 11.6 Å². The van der Waals surface area contributed by atoms with Gasteiger partial charge in [-0.3, -0.25) is 0 Å². The molecule has 1 N–H and O–H groups in total. The Hall–Kier alpha value is -2.25. The van der Waals surface area contributed by atoms with Gasteiger partial charge in [0, 0.05) is 6.54 Å². The maximum atomic E-state index is 12.7. The predicted molar refractivity (Wildman–Crippen MR) is 95.4 cm³/mol. The average Bonchev–Trinajstić information content (AvgIpc) is 2.66. The van der Waals surface area contributed by atoms with Crippen molar-refractivity contribution in [2.45, 2.75) is 25.4 Å². The molecule has 0 aliphatic heterocycles. The van der Waals surface area contributed by atoms with Crippen LogP contribution in [-0.4, -0.2) is 24.7 Å². The van der Waals surface area contributed by atoms with Crippen molar-refractivity contribution in [1.82, 2.24) is 5.32 Å². The number of alkyl carbamates (subject to hydrolysis) is 1. The zero-order chi connectivity index (χ0) is 19.7. The number of rotatable bonds is 8. The molecule has 146 valence electrons. The lowest BCUT2D eigenvalue weighted by atomic mass is 10.1. The molecule has 4 nitrogen and oxygen atoms in total. The van der Waals surface area contributed by atoms with E-state index >= 15 is 0 Å². The number of hydrogen-bond donors (Lipinski definition) is 1. The van der Waals surface area contributed by atoms with Crippen LogP contribution in [0.3, 0.4) is 0 Å². The van der Waals surface area contributed by atoms with Crippen LogP contribution >= 0.6 is 11.6 Å². The van der Waals surface area contributed by atoms with Gasteiger partial charge >= 0.3 is 12.3 Å². The molecule has 0 saturated heterocycles. The normalized spacial score (nSPS) is 12.4. The zero-order valence-corrected chi connectivity index (χ0v) is 15.1. The molecule has 1 amide bonds. The van der Waals surface area contributed by atoms with E-state index in [4.69, 9.17) is 21.1 Å². The van der Waals surface area contributed by atoms with Crippen LogP contribution in [0.1, 0.15) is 16.7 Å². The Morgan fingerprint density at radius 1 is 1.07 bits per heavy atom. The number of amides is 1. The molecular weight excluding hydrogens is 383 g/mol. The van der Waals surface area contributed by atoms with Crippen LogP contribution in [0, 0.1) is 0 Å². The summed E-state index contributed by atoms with van der Waals surface area (Å²) in [6.45, 7) is 0.227. The molecule has 27 heavy (non-hydrogen) atoms. The summed E-state index contributed by atoms with van der Waals surface area (Å²) in [5.41, 5.74) is 0.540. The fraction of sp³-hybridized carbons (Fsp3) is 0.316. The smallest absolute Gasteiger partial charge is 0.416 e. The van der Waals surface area contributed by atoms with E-state index in [0.29, 0.717) is 12.1 Å². The minimum atomic E-state index is -4.41. The molecule has 8 heteroatoms. The summed E-state index contributed by atoms with van der Waals surface area (Å²) in [4.78, 5) is 11.8. The number of alkyl halides is 4. The van der Waals surface area contributed by atoms with Gasteiger partial charge in [0.15, 0.2) is 0 Å². The molecule has 0 radical (unpaired) electrons. The Bertz CT molecular complexity index is 726. The highest BCUT2D eigenvalue weighted by atomic mass is 35.5. The standard InChI is InChI=1S/C19H19ClF3NO3/c20-10-17(27-18(25)24-11-14-5-2-1-3-6-14)13-26-12-15-7-4-8-16(9-15)19(21,22)23/h1-9,17H,10-13H2,(H,24,25). The number of nitrogens with one attached hydrogen (secondary N) is 1. The first-order valence-electron chi connectivity index (χ1n) is 8.16. The minimum absolute atomic E-state index is 0.00134. The van der Waals surface area contributed by atoms with Crippen molar-refractivity contribution >= 4 is 17.7 Å². The molecule has 2 rings (SSSR count). The van der Waals surface area contributed by atoms with Crippen LogP contribution < -0.4 is 5.32 Å². The Kier molecular flexibility index (Phi) is 7.94. The van der Waals surface area contributed by atoms with Crippen molar-refractivity contribution in [2.24, 2.45) is 0 Å². The van der Waals surface area contributed by atoms with Gasteiger partial charge in [0.2, 0.25) is 0 Å². The van der Waals surface area contributed by atoms with Crippen LogP contribution in [0.15, 0.2) is 54.6 Å². The van der Waals surface area contributed by atoms with Gasteiger partial charge in [-0.1, -0.05) is 42.5 Å². The van der Waals surface area contributed by atoms with E-state index in [1.807, 2.05) is 30.3 Å². The fourth-order valence-electron chi connectivity index (χ4n) is 2.22. The first-order valence-corrected chi connectivity index (χ1v) is 8.70. The molecule has 0 aliphatic rings. The molecule has 0 heterocycles. The summed E-state index contributed by atoms with van der Waals surface area (Å²) in [5.74, 6) is 0.00134. The number of benzene rings is 2. The van der Waals surface area contributed by atoms with Crippen LogP contribution in [0.2, 0.25) is 0 Å². The van der Waals surface area contributed by atoms with E-state index in [0.717, 1.165) is 17.7 Å². The van der Waals surface area contributed by atoms with E-state index in [-0.39, 0.29) is 19.1 Å². The number of ether oxygens (including phenoxy) is 2. The maximum Gasteiger partial charge on any atom is 0.416 e. The summed E-state index contributed by atoms with van der Waals surface area (Å²) in [7, 11) is 0. The molecule has 1 atom stereocenters. The van der Waals surface area contributed by atoms with Gasteiger partial charge in [-0.05, 0) is 23.3 Å². The third kappa shape index (κ3) is 7.48. The van der Waals surface area contributed by atoms with Gasteiger partial charge in [0.1, 0.15) is 6.10 Å². The predicted octanol–water partition coefficient (Wildman–Crippen LogP) is 4.76. The molecule has 2 aromatic carbocycles. The zero-order valence-electron chi connectivity index (χ0n) is 14.3. The fourth-order valence-corrected chi connectivity index (χ4v) is 2.37. The van der Waals surface area contributed by atoms with Gasteiger partial charge in [-0.2, -0.15) is 13.2 Å². The molecule has 0 saturated carbocycles. The third-order valence-electron chi connectivity index (χ3n) is 3.55. The second-order valence-electron chi connectivity index (χ2n) is 5.73. The largest absolute Gasteiger partial charge is 0.443 e. The van der Waals surface area contributed by atoms with Crippen LogP contribution in [0.25, 0.3) is 0 Å². The van der Waals surface area contributed by atoms with Crippen molar-refractivity contribution in [3.05, 3.63) is 71.3 Å². The number of halogens is 4. The number of carbonyl (C=O) groups is 1. The molecule has 0 spiro atoms. The first kappa shape index (κ1) is 21.1. The number of carbonyl (C=O) groups excluding carboxylic acids is 1. The minimum Gasteiger partial charge on any atom is -0.443 e. The summed E-state index contributed by atoms with van der Waals surface area (Å²) >= 11 is 5.76. The highest BCUT2D eigenvalue weighted by molar-refractivity contribution is 6.18. The monoisotopic (exact) mass is 401 g/mol. The molecule has 0 aromatic heterocycles. The lowest BCUT2D eigenvalue weighted by Crippen LogP contribution is -2.32. The van der Waals surface area contributed by atoms with Gasteiger partial charge in [-0.25, -0.2) is 4.79 Å². The van der Waals surface area contributed by atoms with Gasteiger partial charge in [0.05, 0.1) is 24.7 Å². The Morgan fingerprint density at radius 3 is 2.44 bits per heavy atom. The van der Waals surface area contributed by atoms with Crippen LogP contribution in [0.5, 0.6) is 0 Å². The van der Waals surface area contributed by atoms with Crippen LogP contribution in [0.4, 0.5) is 18.0 Å². The van der Waals surface area contributed by atoms with E-state index in [1.165, 1.54) is 12.1 Å². The first-order chi connectivity index (χ1) is 12.9. The summed E-state index contributed by atoms with van der Waals surface area (Å²) in [5, 5.41) is 2.60. The molecule has 0 fully saturated rings. The third-order valence-corrected chi connectivity index (χ3v) is 3.90. The van der Waals surface area contributed by atoms with Crippen molar-refractivity contribution < 1.29 is 27.4 Å². The van der Waals surface area contributed by atoms with Gasteiger partial charge in [0.25, 0.3) is 0 Å². The van der Waals surface area contributed by atoms with E-state index in [1.54, 1.807) is 0 Å². The molecule has 0 bridgehead atoms. The maximum absolute atomic E-state index is 12.7. The second-order valence-corrected chi connectivity index (χ2v) is 6.04. The summed E-state index contributed by atoms with van der Waals surface area (Å²) in [6.07, 6.45) is -5.77. The van der Waals surface area contributed by atoms with Crippen molar-refractivity contribution in [3.8, 4) is 0 Å². The average molecular weight is 402 g/mol. The second kappa shape index (κ2) is 10.2. The Labute approximate surface area is 160 Å². The molecule has 0 aliphatic carbocycles. The van der Waals surface area contributed by atoms with Crippen LogP contribution in [-0.2, 0) is 28.8 Å². The van der Waals surface area contributed by atoms with Crippen molar-refractivity contribution in [3.63, 3.8) is 0 Å². The highest BCUT2D eigenvalue weighted by Gasteiger charge is 2.30. The van der Waals surface area contributed by atoms with Crippen molar-refractivity contribution in [1.29, 1.82) is 0 Å². The molecular formula is C19H19ClF3NO3. The topological polar surface area (TPSA) is 47.6 Å². The summed E-state index contributed by atoms with van der Waals surface area (Å²) < 4.78 is 48.6. The Morgan fingerprint density at radius 2 is 1.78 bits per heavy atom. The summed E-state index contributed by atoms with van der Waals surface area (Å²) in [6, 6.07) is 14.1. The van der Waals surface area contributed by atoms with E-state index in [9.17, 15) is 18.0 Å². The van der Waals surface area contributed by atoms with Gasteiger partial charge < -0.3 is 14.8 Å². The molecule has 2 aromatic rings. The highest BCUT2D eigenvalue weighted by Crippen LogP contribution is 2.29.